The lowest BCUT2D eigenvalue weighted by molar-refractivity contribution is -0.385. The molecule has 2 rings (SSSR count). The van der Waals surface area contributed by atoms with Gasteiger partial charge in [0.05, 0.1) is 4.92 Å². The lowest BCUT2D eigenvalue weighted by atomic mass is 10.1. The van der Waals surface area contributed by atoms with Crippen molar-refractivity contribution in [3.63, 3.8) is 0 Å². The standard InChI is InChI=1S/C11H11I2NO2/c1-2-13-11-8-5-3-4-7(8)10(14(15)16)6-9(11)12/h2,6H,3-5H2,1H3. The summed E-state index contributed by atoms with van der Waals surface area (Å²) in [5.41, 5.74) is 2.62. The van der Waals surface area contributed by atoms with E-state index in [1.807, 2.05) is 0 Å². The van der Waals surface area contributed by atoms with Crippen LogP contribution in [0.4, 0.5) is 5.69 Å². The molecule has 86 valence electrons. The van der Waals surface area contributed by atoms with Crippen molar-refractivity contribution < 1.29 is 4.92 Å². The first-order valence-electron chi connectivity index (χ1n) is 5.05. The topological polar surface area (TPSA) is 43.1 Å². The van der Waals surface area contributed by atoms with Gasteiger partial charge in [-0.1, -0.05) is 24.7 Å². The largest absolute Gasteiger partial charge is 0.273 e. The molecular formula is C11H11I2NO2. The van der Waals surface area contributed by atoms with E-state index in [1.54, 1.807) is 6.07 Å². The minimum Gasteiger partial charge on any atom is -0.258 e. The Balaban J connectivity index is 2.69. The number of fused-ring (bicyclic) bond motifs is 1. The summed E-state index contributed by atoms with van der Waals surface area (Å²) in [6, 6.07) is 1.75. The molecule has 1 aliphatic carbocycles. The fourth-order valence-corrected chi connectivity index (χ4v) is 5.53. The van der Waals surface area contributed by atoms with E-state index in [0.717, 1.165) is 28.4 Å². The molecule has 0 unspecified atom stereocenters. The van der Waals surface area contributed by atoms with Crippen LogP contribution in [-0.4, -0.2) is 8.94 Å². The zero-order valence-electron chi connectivity index (χ0n) is 8.80. The minimum atomic E-state index is -0.232. The van der Waals surface area contributed by atoms with Gasteiger partial charge in [-0.2, -0.15) is 0 Å². The Morgan fingerprint density at radius 2 is 2.19 bits per heavy atom. The molecule has 0 saturated carbocycles. The van der Waals surface area contributed by atoms with Crippen molar-refractivity contribution in [2.45, 2.75) is 26.2 Å². The third kappa shape index (κ3) is 2.15. The second-order valence-corrected chi connectivity index (χ2v) is 7.70. The van der Waals surface area contributed by atoms with Crippen molar-refractivity contribution in [3.8, 4) is 0 Å². The summed E-state index contributed by atoms with van der Waals surface area (Å²) in [7, 11) is 0. The van der Waals surface area contributed by atoms with Gasteiger partial charge < -0.3 is 0 Å². The van der Waals surface area contributed by atoms with E-state index >= 15 is 0 Å². The van der Waals surface area contributed by atoms with Crippen molar-refractivity contribution in [2.75, 3.05) is 0 Å². The van der Waals surface area contributed by atoms with Gasteiger partial charge in [0.25, 0.3) is 5.69 Å². The second-order valence-electron chi connectivity index (χ2n) is 3.59. The fraction of sp³-hybridized carbons (Fsp3) is 0.364. The van der Waals surface area contributed by atoms with Crippen LogP contribution >= 0.6 is 43.3 Å². The highest BCUT2D eigenvalue weighted by Gasteiger charge is 2.26. The van der Waals surface area contributed by atoms with E-state index in [2.05, 4.69) is 33.5 Å². The van der Waals surface area contributed by atoms with Gasteiger partial charge in [-0.15, -0.1) is 0 Å². The van der Waals surface area contributed by atoms with Crippen LogP contribution in [0.1, 0.15) is 24.5 Å². The van der Waals surface area contributed by atoms with Crippen LogP contribution in [0.2, 0.25) is 0 Å². The van der Waals surface area contributed by atoms with Gasteiger partial charge in [0.2, 0.25) is 0 Å². The minimum absolute atomic E-state index is 0.0844. The molecule has 0 spiro atoms. The first-order valence-corrected chi connectivity index (χ1v) is 8.45. The Kier molecular flexibility index (Phi) is 3.93. The van der Waals surface area contributed by atoms with Crippen LogP contribution in [0.15, 0.2) is 6.07 Å². The van der Waals surface area contributed by atoms with Crippen LogP contribution in [0.3, 0.4) is 0 Å². The van der Waals surface area contributed by atoms with Crippen molar-refractivity contribution in [3.05, 3.63) is 34.4 Å². The van der Waals surface area contributed by atoms with Crippen LogP contribution in [0, 0.1) is 17.3 Å². The molecular weight excluding hydrogens is 432 g/mol. The maximum absolute atomic E-state index is 11.0. The fourth-order valence-electron chi connectivity index (χ4n) is 2.07. The molecule has 0 fully saturated rings. The quantitative estimate of drug-likeness (QED) is 0.398. The molecule has 0 heterocycles. The first kappa shape index (κ1) is 12.4. The molecule has 16 heavy (non-hydrogen) atoms. The van der Waals surface area contributed by atoms with E-state index in [-0.39, 0.29) is 25.7 Å². The molecule has 5 heteroatoms. The van der Waals surface area contributed by atoms with E-state index in [0.29, 0.717) is 5.69 Å². The monoisotopic (exact) mass is 443 g/mol. The van der Waals surface area contributed by atoms with Gasteiger partial charge in [0.1, 0.15) is 0 Å². The van der Waals surface area contributed by atoms with E-state index in [9.17, 15) is 10.1 Å². The summed E-state index contributed by atoms with van der Waals surface area (Å²) in [4.78, 5) is 10.8. The predicted octanol–water partition coefficient (Wildman–Crippen LogP) is 3.65. The van der Waals surface area contributed by atoms with Gasteiger partial charge in [-0.25, -0.2) is 0 Å². The highest BCUT2D eigenvalue weighted by atomic mass is 127. The van der Waals surface area contributed by atoms with Crippen molar-refractivity contribution in [1.29, 1.82) is 0 Å². The van der Waals surface area contributed by atoms with Crippen molar-refractivity contribution >= 4 is 53.0 Å². The first-order chi connectivity index (χ1) is 7.65. The Labute approximate surface area is 118 Å². The highest BCUT2D eigenvalue weighted by molar-refractivity contribution is 14.2. The van der Waals surface area contributed by atoms with Crippen LogP contribution in [0.25, 0.3) is 0 Å². The Hall–Kier alpha value is -0.0500. The number of nitro benzene ring substituents is 1. The zero-order valence-corrected chi connectivity index (χ0v) is 13.1. The van der Waals surface area contributed by atoms with Crippen molar-refractivity contribution in [1.82, 2.24) is 0 Å². The zero-order chi connectivity index (χ0) is 11.7. The molecule has 0 radical (unpaired) electrons. The number of rotatable bonds is 2. The third-order valence-corrected chi connectivity index (χ3v) is 7.04. The van der Waals surface area contributed by atoms with E-state index < -0.39 is 0 Å². The van der Waals surface area contributed by atoms with Crippen LogP contribution < -0.4 is 0 Å². The number of nitro groups is 1. The summed E-state index contributed by atoms with van der Waals surface area (Å²) in [6.45, 7) is 2.08. The summed E-state index contributed by atoms with van der Waals surface area (Å²) in [5.74, 6) is 0. The number of benzene rings is 1. The van der Waals surface area contributed by atoms with Gasteiger partial charge >= 0.3 is 0 Å². The molecule has 0 N–H and O–H groups in total. The van der Waals surface area contributed by atoms with Gasteiger partial charge in [-0.3, -0.25) is 10.1 Å². The summed E-state index contributed by atoms with van der Waals surface area (Å²) in [6.07, 6.45) is 2.97. The lowest BCUT2D eigenvalue weighted by Crippen LogP contribution is -1.99. The number of halogens is 2. The summed E-state index contributed by atoms with van der Waals surface area (Å²) >= 11 is 2.15. The highest BCUT2D eigenvalue weighted by Crippen LogP contribution is 2.37. The summed E-state index contributed by atoms with van der Waals surface area (Å²) in [5, 5.41) is 11.0. The van der Waals surface area contributed by atoms with E-state index in [1.165, 1.54) is 9.13 Å². The molecule has 0 aliphatic heterocycles. The molecule has 0 aromatic heterocycles. The third-order valence-electron chi connectivity index (χ3n) is 2.68. The molecule has 1 aliphatic rings. The molecule has 0 bridgehead atoms. The maximum Gasteiger partial charge on any atom is 0.273 e. The normalized spacial score (nSPS) is 14.9. The average molecular weight is 443 g/mol. The van der Waals surface area contributed by atoms with Crippen molar-refractivity contribution in [2.24, 2.45) is 0 Å². The number of hydrogen-bond acceptors (Lipinski definition) is 2. The van der Waals surface area contributed by atoms with Gasteiger partial charge in [-0.05, 0) is 54.3 Å². The second kappa shape index (κ2) is 5.07. The Morgan fingerprint density at radius 3 is 2.81 bits per heavy atom. The molecule has 1 aromatic carbocycles. The molecule has 1 aromatic rings. The molecule has 0 atom stereocenters. The lowest BCUT2D eigenvalue weighted by Gasteiger charge is -2.07. The van der Waals surface area contributed by atoms with Crippen LogP contribution in [0.5, 0.6) is 0 Å². The molecule has 0 saturated heterocycles. The predicted molar refractivity (Wildman–Crippen MR) is 82.3 cm³/mol. The summed E-state index contributed by atoms with van der Waals surface area (Å²) < 4.78 is 4.71. The van der Waals surface area contributed by atoms with Gasteiger partial charge in [0, 0.05) is 18.8 Å². The molecule has 0 amide bonds. The molecule has 3 nitrogen and oxygen atoms in total. The smallest absolute Gasteiger partial charge is 0.258 e. The number of nitrogens with zero attached hydrogens (tertiary/aromatic N) is 1. The van der Waals surface area contributed by atoms with Gasteiger partial charge in [0.15, 0.2) is 0 Å². The number of hydrogen-bond donors (Lipinski definition) is 0. The maximum atomic E-state index is 11.0. The average Bonchev–Trinajstić information content (AvgIpc) is 2.70. The SMILES string of the molecule is CC=Ic1c(I)cc([N+](=O)[O-])c2c1CCC2. The Morgan fingerprint density at radius 1 is 1.50 bits per heavy atom. The van der Waals surface area contributed by atoms with Crippen LogP contribution in [-0.2, 0) is 12.8 Å². The van der Waals surface area contributed by atoms with E-state index in [4.69, 9.17) is 0 Å². The Bertz CT molecular complexity index is 483.